The Morgan fingerprint density at radius 2 is 1.84 bits per heavy atom. The van der Waals surface area contributed by atoms with Gasteiger partial charge in [-0.05, 0) is 24.3 Å². The van der Waals surface area contributed by atoms with Crippen LogP contribution in [0.3, 0.4) is 0 Å². The summed E-state index contributed by atoms with van der Waals surface area (Å²) in [5.74, 6) is -1.59. The van der Waals surface area contributed by atoms with Crippen molar-refractivity contribution < 1.29 is 22.4 Å². The largest absolute Gasteiger partial charge is 0.419 e. The van der Waals surface area contributed by atoms with E-state index in [-0.39, 0.29) is 13.1 Å². The zero-order valence-electron chi connectivity index (χ0n) is 16.8. The molecule has 0 spiro atoms. The molecule has 4 rings (SSSR count). The third kappa shape index (κ3) is 5.05. The van der Waals surface area contributed by atoms with Gasteiger partial charge in [-0.25, -0.2) is 14.4 Å². The van der Waals surface area contributed by atoms with Gasteiger partial charge in [-0.1, -0.05) is 12.1 Å². The SMILES string of the molecule is O=C(c1cccc(C(F)(F)F)c1F)N1CCN(Cc2cccc(Nc3nccs3)n2)CC1. The van der Waals surface area contributed by atoms with Crippen molar-refractivity contribution >= 4 is 28.2 Å². The Bertz CT molecular complexity index is 1080. The molecule has 1 aromatic carbocycles. The van der Waals surface area contributed by atoms with E-state index < -0.39 is 29.0 Å². The molecule has 1 aliphatic heterocycles. The minimum Gasteiger partial charge on any atom is -0.336 e. The molecule has 0 bridgehead atoms. The third-order valence-corrected chi connectivity index (χ3v) is 5.74. The van der Waals surface area contributed by atoms with Gasteiger partial charge in [0.25, 0.3) is 5.91 Å². The van der Waals surface area contributed by atoms with Crippen LogP contribution in [-0.2, 0) is 12.7 Å². The van der Waals surface area contributed by atoms with Crippen LogP contribution in [0.15, 0.2) is 48.0 Å². The summed E-state index contributed by atoms with van der Waals surface area (Å²) in [5.41, 5.74) is -1.16. The molecule has 0 saturated carbocycles. The molecule has 11 heteroatoms. The van der Waals surface area contributed by atoms with Crippen LogP contribution >= 0.6 is 11.3 Å². The summed E-state index contributed by atoms with van der Waals surface area (Å²) in [6.45, 7) is 2.11. The summed E-state index contributed by atoms with van der Waals surface area (Å²) in [5, 5.41) is 5.73. The molecule has 2 aromatic heterocycles. The molecule has 1 amide bonds. The van der Waals surface area contributed by atoms with Crippen molar-refractivity contribution in [3.8, 4) is 0 Å². The number of amides is 1. The Morgan fingerprint density at radius 1 is 1.09 bits per heavy atom. The molecule has 0 unspecified atom stereocenters. The number of halogens is 4. The number of piperazine rings is 1. The van der Waals surface area contributed by atoms with Crippen LogP contribution in [0, 0.1) is 5.82 Å². The van der Waals surface area contributed by atoms with E-state index >= 15 is 0 Å². The summed E-state index contributed by atoms with van der Waals surface area (Å²) < 4.78 is 53.1. The Kier molecular flexibility index (Phi) is 6.38. The lowest BCUT2D eigenvalue weighted by atomic mass is 10.1. The number of nitrogens with one attached hydrogen (secondary N) is 1. The average molecular weight is 465 g/mol. The molecule has 1 saturated heterocycles. The van der Waals surface area contributed by atoms with E-state index in [1.165, 1.54) is 16.2 Å². The highest BCUT2D eigenvalue weighted by atomic mass is 32.1. The summed E-state index contributed by atoms with van der Waals surface area (Å²) in [6.07, 6.45) is -3.15. The first kappa shape index (κ1) is 22.2. The van der Waals surface area contributed by atoms with Gasteiger partial charge in [0, 0.05) is 44.3 Å². The molecular weight excluding hydrogens is 446 g/mol. The molecule has 6 nitrogen and oxygen atoms in total. The number of anilines is 2. The number of carbonyl (C=O) groups is 1. The number of nitrogens with zero attached hydrogens (tertiary/aromatic N) is 4. The standard InChI is InChI=1S/C21H19F4N5OS/c22-18-15(4-2-5-16(18)21(23,24)25)19(31)30-10-8-29(9-11-30)13-14-3-1-6-17(27-14)28-20-26-7-12-32-20/h1-7,12H,8-11,13H2,(H,26,27,28). The lowest BCUT2D eigenvalue weighted by molar-refractivity contribution is -0.140. The monoisotopic (exact) mass is 465 g/mol. The zero-order valence-corrected chi connectivity index (χ0v) is 17.6. The maximum atomic E-state index is 14.3. The summed E-state index contributed by atoms with van der Waals surface area (Å²) >= 11 is 1.46. The first-order valence-electron chi connectivity index (χ1n) is 9.81. The number of carbonyl (C=O) groups excluding carboxylic acids is 1. The number of hydrogen-bond acceptors (Lipinski definition) is 6. The van der Waals surface area contributed by atoms with Crippen molar-refractivity contribution in [1.29, 1.82) is 0 Å². The lowest BCUT2D eigenvalue weighted by Crippen LogP contribution is -2.48. The Hall–Kier alpha value is -3.05. The fourth-order valence-electron chi connectivity index (χ4n) is 3.46. The lowest BCUT2D eigenvalue weighted by Gasteiger charge is -2.34. The van der Waals surface area contributed by atoms with Gasteiger partial charge >= 0.3 is 6.18 Å². The highest BCUT2D eigenvalue weighted by molar-refractivity contribution is 7.13. The van der Waals surface area contributed by atoms with Crippen molar-refractivity contribution in [1.82, 2.24) is 19.8 Å². The van der Waals surface area contributed by atoms with Crippen LogP contribution in [-0.4, -0.2) is 51.9 Å². The smallest absolute Gasteiger partial charge is 0.336 e. The van der Waals surface area contributed by atoms with Crippen LogP contribution in [0.25, 0.3) is 0 Å². The highest BCUT2D eigenvalue weighted by Crippen LogP contribution is 2.32. The number of aromatic nitrogens is 2. The van der Waals surface area contributed by atoms with Crippen LogP contribution in [0.2, 0.25) is 0 Å². The number of pyridine rings is 1. The van der Waals surface area contributed by atoms with Gasteiger partial charge in [-0.3, -0.25) is 9.69 Å². The van der Waals surface area contributed by atoms with Crippen LogP contribution in [0.4, 0.5) is 28.5 Å². The molecule has 1 aliphatic rings. The molecular formula is C21H19F4N5OS. The molecule has 168 valence electrons. The molecule has 0 atom stereocenters. The van der Waals surface area contributed by atoms with Crippen LogP contribution < -0.4 is 5.32 Å². The molecule has 1 fully saturated rings. The van der Waals surface area contributed by atoms with Crippen molar-refractivity contribution in [2.45, 2.75) is 12.7 Å². The van der Waals surface area contributed by atoms with E-state index in [1.807, 2.05) is 23.6 Å². The molecule has 1 N–H and O–H groups in total. The first-order chi connectivity index (χ1) is 15.3. The second-order valence-electron chi connectivity index (χ2n) is 7.21. The van der Waals surface area contributed by atoms with Gasteiger partial charge in [0.1, 0.15) is 11.6 Å². The van der Waals surface area contributed by atoms with Gasteiger partial charge < -0.3 is 10.2 Å². The molecule has 32 heavy (non-hydrogen) atoms. The van der Waals surface area contributed by atoms with E-state index in [0.717, 1.165) is 23.0 Å². The van der Waals surface area contributed by atoms with E-state index in [9.17, 15) is 22.4 Å². The minimum absolute atomic E-state index is 0.283. The van der Waals surface area contributed by atoms with Crippen molar-refractivity contribution in [2.24, 2.45) is 0 Å². The number of alkyl halides is 3. The van der Waals surface area contributed by atoms with Gasteiger partial charge in [-0.15, -0.1) is 11.3 Å². The van der Waals surface area contributed by atoms with Gasteiger partial charge in [0.05, 0.1) is 16.8 Å². The van der Waals surface area contributed by atoms with E-state index in [0.29, 0.717) is 31.5 Å². The second-order valence-corrected chi connectivity index (χ2v) is 8.10. The fraction of sp³-hybridized carbons (Fsp3) is 0.286. The maximum absolute atomic E-state index is 14.3. The van der Waals surface area contributed by atoms with Crippen LogP contribution in [0.1, 0.15) is 21.6 Å². The third-order valence-electron chi connectivity index (χ3n) is 5.05. The van der Waals surface area contributed by atoms with Crippen molar-refractivity contribution in [3.05, 3.63) is 70.6 Å². The van der Waals surface area contributed by atoms with E-state index in [4.69, 9.17) is 0 Å². The van der Waals surface area contributed by atoms with Gasteiger partial charge in [0.2, 0.25) is 0 Å². The average Bonchev–Trinajstić information content (AvgIpc) is 3.26. The number of rotatable bonds is 5. The topological polar surface area (TPSA) is 61.4 Å². The fourth-order valence-corrected chi connectivity index (χ4v) is 3.99. The predicted octanol–water partition coefficient (Wildman–Crippen LogP) is 4.40. The number of hydrogen-bond donors (Lipinski definition) is 1. The van der Waals surface area contributed by atoms with Crippen molar-refractivity contribution in [2.75, 3.05) is 31.5 Å². The van der Waals surface area contributed by atoms with E-state index in [1.54, 1.807) is 6.20 Å². The zero-order chi connectivity index (χ0) is 22.7. The van der Waals surface area contributed by atoms with Crippen molar-refractivity contribution in [3.63, 3.8) is 0 Å². The summed E-state index contributed by atoms with van der Waals surface area (Å²) in [6, 6.07) is 8.38. The highest BCUT2D eigenvalue weighted by Gasteiger charge is 2.36. The number of benzene rings is 1. The first-order valence-corrected chi connectivity index (χ1v) is 10.7. The molecule has 3 aromatic rings. The van der Waals surface area contributed by atoms with Crippen LogP contribution in [0.5, 0.6) is 0 Å². The van der Waals surface area contributed by atoms with E-state index in [2.05, 4.69) is 20.2 Å². The molecule has 3 heterocycles. The Morgan fingerprint density at radius 3 is 2.53 bits per heavy atom. The normalized spacial score (nSPS) is 15.1. The summed E-state index contributed by atoms with van der Waals surface area (Å²) in [4.78, 5) is 24.8. The number of thiazole rings is 1. The quantitative estimate of drug-likeness (QED) is 0.566. The Balaban J connectivity index is 1.36. The Labute approximate surface area is 185 Å². The second kappa shape index (κ2) is 9.21. The van der Waals surface area contributed by atoms with Gasteiger partial charge in [0.15, 0.2) is 5.13 Å². The maximum Gasteiger partial charge on any atom is 0.419 e. The molecule has 0 radical (unpaired) electrons. The van der Waals surface area contributed by atoms with Gasteiger partial charge in [-0.2, -0.15) is 13.2 Å². The minimum atomic E-state index is -4.85. The summed E-state index contributed by atoms with van der Waals surface area (Å²) in [7, 11) is 0. The predicted molar refractivity (Wildman–Crippen MR) is 112 cm³/mol. The molecule has 0 aliphatic carbocycles.